The van der Waals surface area contributed by atoms with Crippen molar-refractivity contribution >= 4 is 6.03 Å². The molecule has 2 amide bonds. The molecule has 21 heavy (non-hydrogen) atoms. The molecule has 3 heterocycles. The highest BCUT2D eigenvalue weighted by molar-refractivity contribution is 5.73. The molecule has 1 atom stereocenters. The van der Waals surface area contributed by atoms with Gasteiger partial charge in [-0.05, 0) is 18.4 Å². The number of imidazole rings is 1. The molecule has 0 spiro atoms. The monoisotopic (exact) mass is 288 g/mol. The predicted molar refractivity (Wildman–Crippen MR) is 77.7 cm³/mol. The van der Waals surface area contributed by atoms with E-state index in [0.29, 0.717) is 25.6 Å². The highest BCUT2D eigenvalue weighted by atomic mass is 16.2. The van der Waals surface area contributed by atoms with Crippen LogP contribution < -0.4 is 10.6 Å². The Kier molecular flexibility index (Phi) is 4.18. The summed E-state index contributed by atoms with van der Waals surface area (Å²) < 4.78 is 3.97. The molecule has 1 aliphatic rings. The highest BCUT2D eigenvalue weighted by Crippen LogP contribution is 2.18. The SMILES string of the molecule is O=C(NCCn1cccn1)NC[C@@H]1CCn2ccnc2C1. The number of amides is 2. The third-order valence-corrected chi connectivity index (χ3v) is 3.79. The van der Waals surface area contributed by atoms with E-state index in [1.165, 1.54) is 0 Å². The van der Waals surface area contributed by atoms with Crippen LogP contribution in [0, 0.1) is 5.92 Å². The van der Waals surface area contributed by atoms with Gasteiger partial charge in [-0.2, -0.15) is 5.10 Å². The van der Waals surface area contributed by atoms with E-state index < -0.39 is 0 Å². The van der Waals surface area contributed by atoms with Crippen LogP contribution >= 0.6 is 0 Å². The molecule has 7 nitrogen and oxygen atoms in total. The van der Waals surface area contributed by atoms with E-state index in [0.717, 1.165) is 25.2 Å². The van der Waals surface area contributed by atoms with Crippen molar-refractivity contribution < 1.29 is 4.79 Å². The van der Waals surface area contributed by atoms with Crippen LogP contribution in [0.3, 0.4) is 0 Å². The number of nitrogens with one attached hydrogen (secondary N) is 2. The number of nitrogens with zero attached hydrogens (tertiary/aromatic N) is 4. The molecule has 2 aromatic heterocycles. The van der Waals surface area contributed by atoms with Gasteiger partial charge in [0.1, 0.15) is 5.82 Å². The normalized spacial score (nSPS) is 17.2. The lowest BCUT2D eigenvalue weighted by atomic mass is 9.98. The first kappa shape index (κ1) is 13.7. The van der Waals surface area contributed by atoms with Crippen molar-refractivity contribution in [2.24, 2.45) is 5.92 Å². The Morgan fingerprint density at radius 2 is 2.29 bits per heavy atom. The molecule has 0 unspecified atom stereocenters. The summed E-state index contributed by atoms with van der Waals surface area (Å²) in [7, 11) is 0. The Balaban J connectivity index is 1.34. The zero-order chi connectivity index (χ0) is 14.5. The van der Waals surface area contributed by atoms with Gasteiger partial charge in [-0.3, -0.25) is 4.68 Å². The van der Waals surface area contributed by atoms with Crippen LogP contribution in [0.5, 0.6) is 0 Å². The number of rotatable bonds is 5. The first-order chi connectivity index (χ1) is 10.3. The quantitative estimate of drug-likeness (QED) is 0.847. The molecule has 0 saturated heterocycles. The van der Waals surface area contributed by atoms with Gasteiger partial charge in [-0.25, -0.2) is 9.78 Å². The summed E-state index contributed by atoms with van der Waals surface area (Å²) >= 11 is 0. The number of aromatic nitrogens is 4. The van der Waals surface area contributed by atoms with Crippen molar-refractivity contribution in [2.75, 3.05) is 13.1 Å². The van der Waals surface area contributed by atoms with Crippen LogP contribution in [0.1, 0.15) is 12.2 Å². The first-order valence-electron chi connectivity index (χ1n) is 7.30. The molecule has 7 heteroatoms. The number of hydrogen-bond acceptors (Lipinski definition) is 3. The zero-order valence-electron chi connectivity index (χ0n) is 11.9. The summed E-state index contributed by atoms with van der Waals surface area (Å²) in [6.07, 6.45) is 9.47. The number of aryl methyl sites for hydroxylation is 1. The highest BCUT2D eigenvalue weighted by Gasteiger charge is 2.19. The molecule has 1 aliphatic heterocycles. The maximum Gasteiger partial charge on any atom is 0.314 e. The molecule has 2 N–H and O–H groups in total. The number of carbonyl (C=O) groups excluding carboxylic acids is 1. The fourth-order valence-electron chi connectivity index (χ4n) is 2.61. The predicted octanol–water partition coefficient (Wildman–Crippen LogP) is 0.641. The van der Waals surface area contributed by atoms with E-state index in [4.69, 9.17) is 0 Å². The summed E-state index contributed by atoms with van der Waals surface area (Å²) in [5.74, 6) is 1.59. The molecular formula is C14H20N6O. The van der Waals surface area contributed by atoms with Gasteiger partial charge in [0, 0.05) is 50.8 Å². The van der Waals surface area contributed by atoms with Gasteiger partial charge in [0.15, 0.2) is 0 Å². The van der Waals surface area contributed by atoms with E-state index in [2.05, 4.69) is 25.3 Å². The van der Waals surface area contributed by atoms with Crippen LogP contribution in [0.25, 0.3) is 0 Å². The van der Waals surface area contributed by atoms with E-state index in [1.54, 1.807) is 10.9 Å². The van der Waals surface area contributed by atoms with E-state index in [1.807, 2.05) is 24.7 Å². The molecule has 0 aromatic carbocycles. The van der Waals surface area contributed by atoms with Gasteiger partial charge >= 0.3 is 6.03 Å². The van der Waals surface area contributed by atoms with E-state index in [-0.39, 0.29) is 6.03 Å². The van der Waals surface area contributed by atoms with Crippen LogP contribution in [-0.2, 0) is 19.5 Å². The Labute approximate surface area is 123 Å². The van der Waals surface area contributed by atoms with Crippen molar-refractivity contribution in [1.82, 2.24) is 30.0 Å². The number of urea groups is 1. The summed E-state index contributed by atoms with van der Waals surface area (Å²) in [6, 6.07) is 1.75. The Bertz CT molecular complexity index is 576. The Hall–Kier alpha value is -2.31. The molecular weight excluding hydrogens is 268 g/mol. The smallest absolute Gasteiger partial charge is 0.314 e. The van der Waals surface area contributed by atoms with E-state index in [9.17, 15) is 4.79 Å². The van der Waals surface area contributed by atoms with Crippen LogP contribution in [0.4, 0.5) is 4.79 Å². The van der Waals surface area contributed by atoms with Crippen molar-refractivity contribution in [2.45, 2.75) is 25.9 Å². The van der Waals surface area contributed by atoms with Gasteiger partial charge in [-0.15, -0.1) is 0 Å². The minimum absolute atomic E-state index is 0.115. The van der Waals surface area contributed by atoms with Gasteiger partial charge in [-0.1, -0.05) is 0 Å². The summed E-state index contributed by atoms with van der Waals surface area (Å²) in [5.41, 5.74) is 0. The summed E-state index contributed by atoms with van der Waals surface area (Å²) in [4.78, 5) is 16.1. The molecule has 112 valence electrons. The topological polar surface area (TPSA) is 76.8 Å². The molecule has 2 aromatic rings. The molecule has 3 rings (SSSR count). The third kappa shape index (κ3) is 3.62. The van der Waals surface area contributed by atoms with Crippen molar-refractivity contribution in [3.8, 4) is 0 Å². The summed E-state index contributed by atoms with van der Waals surface area (Å²) in [6.45, 7) is 2.94. The molecule has 0 bridgehead atoms. The van der Waals surface area contributed by atoms with Crippen LogP contribution in [-0.4, -0.2) is 38.5 Å². The maximum absolute atomic E-state index is 11.7. The van der Waals surface area contributed by atoms with E-state index >= 15 is 0 Å². The van der Waals surface area contributed by atoms with Crippen LogP contribution in [0.2, 0.25) is 0 Å². The van der Waals surface area contributed by atoms with Crippen molar-refractivity contribution in [1.29, 1.82) is 0 Å². The van der Waals surface area contributed by atoms with Crippen molar-refractivity contribution in [3.63, 3.8) is 0 Å². The van der Waals surface area contributed by atoms with Gasteiger partial charge in [0.25, 0.3) is 0 Å². The summed E-state index contributed by atoms with van der Waals surface area (Å²) in [5, 5.41) is 9.87. The molecule has 0 fully saturated rings. The fourth-order valence-corrected chi connectivity index (χ4v) is 2.61. The van der Waals surface area contributed by atoms with Crippen LogP contribution in [0.15, 0.2) is 30.9 Å². The van der Waals surface area contributed by atoms with Gasteiger partial charge in [0.05, 0.1) is 6.54 Å². The molecule has 0 saturated carbocycles. The second kappa shape index (κ2) is 6.43. The minimum Gasteiger partial charge on any atom is -0.338 e. The molecule has 0 radical (unpaired) electrons. The third-order valence-electron chi connectivity index (χ3n) is 3.79. The second-order valence-electron chi connectivity index (χ2n) is 5.30. The second-order valence-corrected chi connectivity index (χ2v) is 5.30. The van der Waals surface area contributed by atoms with Crippen molar-refractivity contribution in [3.05, 3.63) is 36.7 Å². The standard InChI is InChI=1S/C14H20N6O/c21-14(16-5-9-20-6-1-3-18-20)17-11-12-2-7-19-8-4-15-13(19)10-12/h1,3-4,6,8,12H,2,5,7,9-11H2,(H2,16,17,21)/t12-/m1/s1. The largest absolute Gasteiger partial charge is 0.338 e. The first-order valence-corrected chi connectivity index (χ1v) is 7.30. The van der Waals surface area contributed by atoms with Gasteiger partial charge < -0.3 is 15.2 Å². The minimum atomic E-state index is -0.115. The lowest BCUT2D eigenvalue weighted by Crippen LogP contribution is -2.40. The average molecular weight is 288 g/mol. The lowest BCUT2D eigenvalue weighted by molar-refractivity contribution is 0.236. The lowest BCUT2D eigenvalue weighted by Gasteiger charge is -2.23. The maximum atomic E-state index is 11.7. The number of carbonyl (C=O) groups is 1. The number of hydrogen-bond donors (Lipinski definition) is 2. The molecule has 0 aliphatic carbocycles. The number of fused-ring (bicyclic) bond motifs is 1. The Morgan fingerprint density at radius 1 is 1.33 bits per heavy atom. The Morgan fingerprint density at radius 3 is 3.14 bits per heavy atom. The fraction of sp³-hybridized carbons (Fsp3) is 0.500. The van der Waals surface area contributed by atoms with Gasteiger partial charge in [0.2, 0.25) is 0 Å². The average Bonchev–Trinajstić information content (AvgIpc) is 3.15. The zero-order valence-corrected chi connectivity index (χ0v) is 11.9.